The number of hydrogen-bond acceptors (Lipinski definition) is 4. The molecule has 27 heavy (non-hydrogen) atoms. The number of para-hydroxylation sites is 2. The summed E-state index contributed by atoms with van der Waals surface area (Å²) in [5.41, 5.74) is 3.54. The lowest BCUT2D eigenvalue weighted by Gasteiger charge is -2.06. The van der Waals surface area contributed by atoms with Crippen molar-refractivity contribution in [3.8, 4) is 0 Å². The van der Waals surface area contributed by atoms with E-state index in [1.165, 1.54) is 23.3 Å². The summed E-state index contributed by atoms with van der Waals surface area (Å²) in [6, 6.07) is 17.5. The van der Waals surface area contributed by atoms with Gasteiger partial charge in [0, 0.05) is 41.7 Å². The molecule has 0 fully saturated rings. The molecule has 0 aliphatic heterocycles. The zero-order valence-corrected chi connectivity index (χ0v) is 14.6. The van der Waals surface area contributed by atoms with Crippen LogP contribution in [0.1, 0.15) is 15.9 Å². The maximum absolute atomic E-state index is 12.2. The van der Waals surface area contributed by atoms with Crippen molar-refractivity contribution in [3.05, 3.63) is 84.3 Å². The van der Waals surface area contributed by atoms with E-state index in [2.05, 4.69) is 37.7 Å². The number of hydrogen-bond donors (Lipinski definition) is 3. The van der Waals surface area contributed by atoms with Crippen molar-refractivity contribution >= 4 is 28.4 Å². The Hall–Kier alpha value is -3.67. The Balaban J connectivity index is 1.33. The van der Waals surface area contributed by atoms with Crippen molar-refractivity contribution in [2.24, 2.45) is 0 Å². The first-order valence-corrected chi connectivity index (χ1v) is 8.77. The smallest absolute Gasteiger partial charge is 0.258 e. The summed E-state index contributed by atoms with van der Waals surface area (Å²) in [7, 11) is 0. The highest BCUT2D eigenvalue weighted by Gasteiger charge is 2.08. The highest BCUT2D eigenvalue weighted by atomic mass is 16.1. The Labute approximate surface area is 156 Å². The molecular weight excluding hydrogens is 338 g/mol. The zero-order chi connectivity index (χ0) is 18.5. The van der Waals surface area contributed by atoms with Gasteiger partial charge in [-0.3, -0.25) is 4.79 Å². The monoisotopic (exact) mass is 357 g/mol. The van der Waals surface area contributed by atoms with Crippen molar-refractivity contribution in [2.45, 2.75) is 6.42 Å². The second-order valence-corrected chi connectivity index (χ2v) is 6.15. The number of benzene rings is 2. The summed E-state index contributed by atoms with van der Waals surface area (Å²) in [4.78, 5) is 23.9. The number of aromatic nitrogens is 3. The Kier molecular flexibility index (Phi) is 4.78. The fourth-order valence-electron chi connectivity index (χ4n) is 2.91. The predicted octanol–water partition coefficient (Wildman–Crippen LogP) is 3.86. The summed E-state index contributed by atoms with van der Waals surface area (Å²) in [5, 5.41) is 7.24. The molecule has 2 heterocycles. The fourth-order valence-corrected chi connectivity index (χ4v) is 2.91. The van der Waals surface area contributed by atoms with Gasteiger partial charge in [0.15, 0.2) is 0 Å². The predicted molar refractivity (Wildman–Crippen MR) is 107 cm³/mol. The van der Waals surface area contributed by atoms with E-state index in [4.69, 9.17) is 0 Å². The van der Waals surface area contributed by atoms with E-state index in [9.17, 15) is 4.79 Å². The number of H-pyrrole nitrogens is 1. The molecule has 6 heteroatoms. The molecule has 2 aromatic carbocycles. The number of amides is 1. The largest absolute Gasteiger partial charge is 0.361 e. The molecule has 0 atom stereocenters. The molecule has 0 spiro atoms. The minimum Gasteiger partial charge on any atom is -0.361 e. The molecule has 0 saturated carbocycles. The summed E-state index contributed by atoms with van der Waals surface area (Å²) >= 11 is 0. The molecule has 0 aliphatic rings. The number of rotatable bonds is 6. The average Bonchev–Trinajstić information content (AvgIpc) is 3.12. The fraction of sp³-hybridized carbons (Fsp3) is 0.0952. The first-order valence-electron chi connectivity index (χ1n) is 8.77. The first-order chi connectivity index (χ1) is 13.3. The van der Waals surface area contributed by atoms with Crippen LogP contribution < -0.4 is 10.6 Å². The quantitative estimate of drug-likeness (QED) is 0.489. The maximum atomic E-state index is 12.2. The zero-order valence-electron chi connectivity index (χ0n) is 14.6. The third kappa shape index (κ3) is 3.95. The van der Waals surface area contributed by atoms with Crippen LogP contribution in [-0.4, -0.2) is 27.4 Å². The lowest BCUT2D eigenvalue weighted by Crippen LogP contribution is -2.14. The third-order valence-corrected chi connectivity index (χ3v) is 4.30. The van der Waals surface area contributed by atoms with Gasteiger partial charge in [-0.25, -0.2) is 9.97 Å². The van der Waals surface area contributed by atoms with Gasteiger partial charge >= 0.3 is 0 Å². The maximum Gasteiger partial charge on any atom is 0.258 e. The van der Waals surface area contributed by atoms with Gasteiger partial charge in [-0.05, 0) is 30.2 Å². The van der Waals surface area contributed by atoms with Gasteiger partial charge in [0.05, 0.1) is 5.56 Å². The van der Waals surface area contributed by atoms with Crippen LogP contribution >= 0.6 is 0 Å². The van der Waals surface area contributed by atoms with Crippen LogP contribution in [0, 0.1) is 0 Å². The molecule has 1 amide bonds. The standard InChI is InChI=1S/C21H19N5O/c27-20(26-17-6-2-1-3-7-17)16-13-24-21(25-14-16)22-11-10-15-12-23-19-9-5-4-8-18(15)19/h1-9,12-14,23H,10-11H2,(H,26,27)(H,22,24,25). The van der Waals surface area contributed by atoms with Crippen LogP contribution in [0.4, 0.5) is 11.6 Å². The normalized spacial score (nSPS) is 10.7. The Morgan fingerprint density at radius 2 is 1.70 bits per heavy atom. The third-order valence-electron chi connectivity index (χ3n) is 4.30. The molecule has 0 bridgehead atoms. The molecule has 0 unspecified atom stereocenters. The van der Waals surface area contributed by atoms with Gasteiger partial charge in [-0.1, -0.05) is 36.4 Å². The van der Waals surface area contributed by atoms with Crippen LogP contribution in [0.15, 0.2) is 73.2 Å². The minimum atomic E-state index is -0.230. The van der Waals surface area contributed by atoms with Gasteiger partial charge < -0.3 is 15.6 Å². The molecule has 0 radical (unpaired) electrons. The summed E-state index contributed by atoms with van der Waals surface area (Å²) in [5.74, 6) is 0.276. The number of aromatic amines is 1. The van der Waals surface area contributed by atoms with Crippen molar-refractivity contribution in [1.29, 1.82) is 0 Å². The number of nitrogens with zero attached hydrogens (tertiary/aromatic N) is 2. The Morgan fingerprint density at radius 3 is 2.52 bits per heavy atom. The molecule has 3 N–H and O–H groups in total. The SMILES string of the molecule is O=C(Nc1ccccc1)c1cnc(NCCc2c[nH]c3ccccc23)nc1. The van der Waals surface area contributed by atoms with Crippen molar-refractivity contribution in [2.75, 3.05) is 17.2 Å². The van der Waals surface area contributed by atoms with Crippen LogP contribution in [0.5, 0.6) is 0 Å². The lowest BCUT2D eigenvalue weighted by molar-refractivity contribution is 0.102. The molecular formula is C21H19N5O. The van der Waals surface area contributed by atoms with Crippen LogP contribution in [0.2, 0.25) is 0 Å². The summed E-state index contributed by atoms with van der Waals surface area (Å²) < 4.78 is 0. The second kappa shape index (κ2) is 7.70. The van der Waals surface area contributed by atoms with E-state index < -0.39 is 0 Å². The van der Waals surface area contributed by atoms with Crippen molar-refractivity contribution < 1.29 is 4.79 Å². The molecule has 0 saturated heterocycles. The number of carbonyl (C=O) groups is 1. The van der Waals surface area contributed by atoms with Gasteiger partial charge in [0.1, 0.15) is 0 Å². The topological polar surface area (TPSA) is 82.7 Å². The minimum absolute atomic E-state index is 0.230. The highest BCUT2D eigenvalue weighted by Crippen LogP contribution is 2.18. The molecule has 4 rings (SSSR count). The van der Waals surface area contributed by atoms with E-state index in [-0.39, 0.29) is 5.91 Å². The molecule has 2 aromatic heterocycles. The van der Waals surface area contributed by atoms with Gasteiger partial charge in [0.25, 0.3) is 5.91 Å². The highest BCUT2D eigenvalue weighted by molar-refractivity contribution is 6.03. The van der Waals surface area contributed by atoms with E-state index in [0.29, 0.717) is 18.1 Å². The molecule has 0 aliphatic carbocycles. The lowest BCUT2D eigenvalue weighted by atomic mass is 10.1. The van der Waals surface area contributed by atoms with E-state index in [1.807, 2.05) is 48.7 Å². The van der Waals surface area contributed by atoms with E-state index in [0.717, 1.165) is 17.6 Å². The number of fused-ring (bicyclic) bond motifs is 1. The number of anilines is 2. The molecule has 134 valence electrons. The Morgan fingerprint density at radius 1 is 0.963 bits per heavy atom. The summed E-state index contributed by atoms with van der Waals surface area (Å²) in [6.45, 7) is 0.706. The van der Waals surface area contributed by atoms with Crippen LogP contribution in [0.3, 0.4) is 0 Å². The van der Waals surface area contributed by atoms with Crippen LogP contribution in [0.25, 0.3) is 10.9 Å². The van der Waals surface area contributed by atoms with Crippen LogP contribution in [-0.2, 0) is 6.42 Å². The second-order valence-electron chi connectivity index (χ2n) is 6.15. The number of carbonyl (C=O) groups excluding carboxylic acids is 1. The summed E-state index contributed by atoms with van der Waals surface area (Å²) in [6.07, 6.45) is 5.94. The first kappa shape index (κ1) is 16.8. The molecule has 6 nitrogen and oxygen atoms in total. The van der Waals surface area contributed by atoms with E-state index in [1.54, 1.807) is 0 Å². The molecule has 4 aromatic rings. The van der Waals surface area contributed by atoms with Gasteiger partial charge in [0.2, 0.25) is 5.95 Å². The van der Waals surface area contributed by atoms with Gasteiger partial charge in [-0.2, -0.15) is 0 Å². The van der Waals surface area contributed by atoms with Gasteiger partial charge in [-0.15, -0.1) is 0 Å². The van der Waals surface area contributed by atoms with Crippen molar-refractivity contribution in [1.82, 2.24) is 15.0 Å². The van der Waals surface area contributed by atoms with Crippen molar-refractivity contribution in [3.63, 3.8) is 0 Å². The Bertz CT molecular complexity index is 1040. The average molecular weight is 357 g/mol. The van der Waals surface area contributed by atoms with E-state index >= 15 is 0 Å². The number of nitrogens with one attached hydrogen (secondary N) is 3.